The number of hydrogen-bond donors (Lipinski definition) is 2. The van der Waals surface area contributed by atoms with Crippen LogP contribution in [0.4, 0.5) is 26.4 Å². The number of para-hydroxylation sites is 1. The Labute approximate surface area is 188 Å². The molecule has 0 amide bonds. The van der Waals surface area contributed by atoms with Gasteiger partial charge in [0.2, 0.25) is 11.9 Å². The number of nitrogen functional groups attached to an aromatic ring is 1. The lowest BCUT2D eigenvalue weighted by Crippen LogP contribution is -2.10. The highest BCUT2D eigenvalue weighted by molar-refractivity contribution is 5.87. The van der Waals surface area contributed by atoms with Crippen molar-refractivity contribution in [1.29, 1.82) is 0 Å². The van der Waals surface area contributed by atoms with Gasteiger partial charge >= 0.3 is 12.6 Å². The Morgan fingerprint density at radius 1 is 1.15 bits per heavy atom. The van der Waals surface area contributed by atoms with Crippen LogP contribution in [0.2, 0.25) is 0 Å². The van der Waals surface area contributed by atoms with Gasteiger partial charge in [0.15, 0.2) is 23.9 Å². The largest absolute Gasteiger partial charge is 0.493 e. The molecule has 0 atom stereocenters. The summed E-state index contributed by atoms with van der Waals surface area (Å²) in [5, 5.41) is 3.05. The third kappa shape index (κ3) is 6.86. The van der Waals surface area contributed by atoms with E-state index in [0.717, 1.165) is 11.3 Å². The molecule has 0 radical (unpaired) electrons. The van der Waals surface area contributed by atoms with Crippen molar-refractivity contribution in [1.82, 2.24) is 15.0 Å². The molecule has 0 bridgehead atoms. The lowest BCUT2D eigenvalue weighted by atomic mass is 10.2. The van der Waals surface area contributed by atoms with Crippen LogP contribution >= 0.6 is 0 Å². The highest BCUT2D eigenvalue weighted by atomic mass is 19.3. The second kappa shape index (κ2) is 10.8. The van der Waals surface area contributed by atoms with Crippen LogP contribution in [-0.4, -0.2) is 34.6 Å². The Bertz CT molecular complexity index is 1160. The molecule has 33 heavy (non-hydrogen) atoms. The Morgan fingerprint density at radius 2 is 1.94 bits per heavy atom. The van der Waals surface area contributed by atoms with Crippen molar-refractivity contribution < 1.29 is 27.8 Å². The second-order valence-electron chi connectivity index (χ2n) is 6.60. The van der Waals surface area contributed by atoms with Gasteiger partial charge in [-0.05, 0) is 42.3 Å². The van der Waals surface area contributed by atoms with Gasteiger partial charge in [0.25, 0.3) is 0 Å². The van der Waals surface area contributed by atoms with E-state index in [2.05, 4.69) is 25.0 Å². The molecular formula is C22H21F2N5O4. The molecule has 9 nitrogen and oxygen atoms in total. The van der Waals surface area contributed by atoms with Gasteiger partial charge in [0.05, 0.1) is 7.11 Å². The summed E-state index contributed by atoms with van der Waals surface area (Å²) in [6.45, 7) is -1.29. The lowest BCUT2D eigenvalue weighted by Gasteiger charge is -2.10. The summed E-state index contributed by atoms with van der Waals surface area (Å²) >= 11 is 0. The summed E-state index contributed by atoms with van der Waals surface area (Å²) < 4.78 is 39.4. The third-order valence-corrected chi connectivity index (χ3v) is 4.25. The van der Waals surface area contributed by atoms with E-state index in [1.807, 2.05) is 31.2 Å². The summed E-state index contributed by atoms with van der Waals surface area (Å²) in [5.74, 6) is -0.336. The Hall–Kier alpha value is -4.28. The number of hydrogen-bond acceptors (Lipinski definition) is 9. The van der Waals surface area contributed by atoms with E-state index >= 15 is 0 Å². The number of carbonyl (C=O) groups excluding carboxylic acids is 1. The minimum Gasteiger partial charge on any atom is -0.493 e. The number of halogens is 2. The number of nitrogens with one attached hydrogen (secondary N) is 1. The van der Waals surface area contributed by atoms with E-state index in [1.165, 1.54) is 37.5 Å². The van der Waals surface area contributed by atoms with Crippen LogP contribution in [0.25, 0.3) is 6.08 Å². The molecule has 2 aromatic carbocycles. The molecule has 3 aromatic rings. The average molecular weight is 457 g/mol. The fourth-order valence-electron chi connectivity index (χ4n) is 2.72. The molecule has 1 aromatic heterocycles. The molecule has 172 valence electrons. The van der Waals surface area contributed by atoms with Crippen LogP contribution in [0.1, 0.15) is 17.0 Å². The zero-order valence-electron chi connectivity index (χ0n) is 17.8. The van der Waals surface area contributed by atoms with Crippen molar-refractivity contribution in [3.05, 3.63) is 65.5 Å². The minimum atomic E-state index is -2.98. The SMILES string of the molecule is COc1cc(C=CC(=O)OCc2nc(N)nc(Nc3ccccc3C)n2)ccc1OC(F)F. The second-order valence-corrected chi connectivity index (χ2v) is 6.60. The fraction of sp³-hybridized carbons (Fsp3) is 0.182. The van der Waals surface area contributed by atoms with Gasteiger partial charge in [-0.1, -0.05) is 24.3 Å². The van der Waals surface area contributed by atoms with Crippen molar-refractivity contribution in [2.45, 2.75) is 20.1 Å². The van der Waals surface area contributed by atoms with Crippen LogP contribution in [0.3, 0.4) is 0 Å². The van der Waals surface area contributed by atoms with Crippen molar-refractivity contribution in [2.75, 3.05) is 18.2 Å². The molecule has 3 rings (SSSR count). The number of nitrogens with zero attached hydrogens (tertiary/aromatic N) is 3. The van der Waals surface area contributed by atoms with Gasteiger partial charge in [0.1, 0.15) is 0 Å². The van der Waals surface area contributed by atoms with Crippen molar-refractivity contribution in [3.63, 3.8) is 0 Å². The molecule has 0 aliphatic carbocycles. The Kier molecular flexibility index (Phi) is 7.68. The number of carbonyl (C=O) groups is 1. The number of rotatable bonds is 9. The number of nitrogens with two attached hydrogens (primary N) is 1. The molecule has 11 heteroatoms. The monoisotopic (exact) mass is 457 g/mol. The number of aryl methyl sites for hydroxylation is 1. The smallest absolute Gasteiger partial charge is 0.387 e. The predicted octanol–water partition coefficient (Wildman–Crippen LogP) is 3.87. The molecule has 0 saturated heterocycles. The topological polar surface area (TPSA) is 121 Å². The zero-order valence-corrected chi connectivity index (χ0v) is 17.8. The summed E-state index contributed by atoms with van der Waals surface area (Å²) in [6.07, 6.45) is 2.60. The molecule has 0 fully saturated rings. The van der Waals surface area contributed by atoms with E-state index in [9.17, 15) is 13.6 Å². The first-order valence-electron chi connectivity index (χ1n) is 9.65. The quantitative estimate of drug-likeness (QED) is 0.364. The molecule has 0 spiro atoms. The Balaban J connectivity index is 1.62. The van der Waals surface area contributed by atoms with Crippen LogP contribution in [0, 0.1) is 6.92 Å². The van der Waals surface area contributed by atoms with Crippen LogP contribution < -0.4 is 20.5 Å². The molecule has 1 heterocycles. The van der Waals surface area contributed by atoms with Crippen LogP contribution in [0.5, 0.6) is 11.5 Å². The minimum absolute atomic E-state index is 0.0270. The standard InChI is InChI=1S/C22H21F2N5O4/c1-13-5-3-4-6-15(13)26-22-28-18(27-21(25)29-22)12-32-19(30)10-8-14-7-9-16(33-20(23)24)17(11-14)31-2/h3-11,20H,12H2,1-2H3,(H3,25,26,27,28,29). The predicted molar refractivity (Wildman–Crippen MR) is 117 cm³/mol. The number of benzene rings is 2. The molecule has 0 unspecified atom stereocenters. The van der Waals surface area contributed by atoms with E-state index in [1.54, 1.807) is 0 Å². The van der Waals surface area contributed by atoms with Gasteiger partial charge in [-0.3, -0.25) is 0 Å². The molecule has 0 aliphatic rings. The van der Waals surface area contributed by atoms with Crippen molar-refractivity contribution >= 4 is 29.6 Å². The number of ether oxygens (including phenoxy) is 3. The summed E-state index contributed by atoms with van der Waals surface area (Å²) in [7, 11) is 1.32. The van der Waals surface area contributed by atoms with Crippen molar-refractivity contribution in [2.24, 2.45) is 0 Å². The first-order chi connectivity index (χ1) is 15.8. The van der Waals surface area contributed by atoms with Gasteiger partial charge in [-0.25, -0.2) is 4.79 Å². The summed E-state index contributed by atoms with van der Waals surface area (Å²) in [5.41, 5.74) is 8.04. The van der Waals surface area contributed by atoms with Gasteiger partial charge in [-0.15, -0.1) is 0 Å². The maximum atomic E-state index is 12.4. The van der Waals surface area contributed by atoms with E-state index in [4.69, 9.17) is 15.2 Å². The van der Waals surface area contributed by atoms with Gasteiger partial charge < -0.3 is 25.3 Å². The highest BCUT2D eigenvalue weighted by Crippen LogP contribution is 2.29. The summed E-state index contributed by atoms with van der Waals surface area (Å²) in [4.78, 5) is 24.3. The number of alkyl halides is 2. The van der Waals surface area contributed by atoms with E-state index in [-0.39, 0.29) is 35.8 Å². The highest BCUT2D eigenvalue weighted by Gasteiger charge is 2.11. The number of anilines is 3. The third-order valence-electron chi connectivity index (χ3n) is 4.25. The number of aromatic nitrogens is 3. The van der Waals surface area contributed by atoms with E-state index < -0.39 is 12.6 Å². The van der Waals surface area contributed by atoms with E-state index in [0.29, 0.717) is 5.56 Å². The first-order valence-corrected chi connectivity index (χ1v) is 9.65. The first kappa shape index (κ1) is 23.4. The number of esters is 1. The average Bonchev–Trinajstić information content (AvgIpc) is 2.78. The zero-order chi connectivity index (χ0) is 23.8. The summed E-state index contributed by atoms with van der Waals surface area (Å²) in [6, 6.07) is 11.8. The lowest BCUT2D eigenvalue weighted by molar-refractivity contribution is -0.139. The van der Waals surface area contributed by atoms with Gasteiger partial charge in [-0.2, -0.15) is 23.7 Å². The Morgan fingerprint density at radius 3 is 2.67 bits per heavy atom. The molecule has 0 saturated carbocycles. The maximum absolute atomic E-state index is 12.4. The van der Waals surface area contributed by atoms with Crippen molar-refractivity contribution in [3.8, 4) is 11.5 Å². The fourth-order valence-corrected chi connectivity index (χ4v) is 2.72. The van der Waals surface area contributed by atoms with Crippen LogP contribution in [-0.2, 0) is 16.1 Å². The maximum Gasteiger partial charge on any atom is 0.387 e. The normalized spacial score (nSPS) is 10.9. The van der Waals surface area contributed by atoms with Gasteiger partial charge in [0, 0.05) is 11.8 Å². The molecular weight excluding hydrogens is 436 g/mol. The van der Waals surface area contributed by atoms with Crippen LogP contribution in [0.15, 0.2) is 48.5 Å². The molecule has 3 N–H and O–H groups in total. The molecule has 0 aliphatic heterocycles. The number of methoxy groups -OCH3 is 1.